The minimum absolute atomic E-state index is 0.655. The molecule has 0 radical (unpaired) electrons. The number of ether oxygens (including phenoxy) is 1. The number of likely N-dealkylation sites (tertiary alicyclic amines) is 1. The molecule has 1 aliphatic heterocycles. The lowest BCUT2D eigenvalue weighted by Crippen LogP contribution is -2.35. The molecule has 136 valence electrons. The summed E-state index contributed by atoms with van der Waals surface area (Å²) in [6.45, 7) is 4.17. The van der Waals surface area contributed by atoms with Crippen LogP contribution in [0.3, 0.4) is 0 Å². The standard InChI is InChI=1S/C18H23N7O/c1-26-16-4-2-15(3-5-16)13-24-10-8-14(9-11-24)12-19-17-6-7-18-20-22-23-25(18)21-17/h2-7,14H,8-13H2,1H3,(H,19,21). The van der Waals surface area contributed by atoms with E-state index in [-0.39, 0.29) is 0 Å². The van der Waals surface area contributed by atoms with E-state index in [1.807, 2.05) is 24.3 Å². The first-order valence-electron chi connectivity index (χ1n) is 8.95. The Bertz CT molecular complexity index is 840. The molecule has 0 bridgehead atoms. The number of aromatic nitrogens is 5. The molecule has 3 heterocycles. The van der Waals surface area contributed by atoms with Crippen molar-refractivity contribution in [3.63, 3.8) is 0 Å². The molecule has 1 saturated heterocycles. The number of tetrazole rings is 1. The maximum atomic E-state index is 5.22. The molecule has 8 nitrogen and oxygen atoms in total. The molecule has 0 spiro atoms. The summed E-state index contributed by atoms with van der Waals surface area (Å²) in [5.74, 6) is 2.38. The van der Waals surface area contributed by atoms with Crippen LogP contribution in [0.15, 0.2) is 36.4 Å². The number of piperidine rings is 1. The Hall–Kier alpha value is -2.74. The zero-order valence-corrected chi connectivity index (χ0v) is 14.9. The van der Waals surface area contributed by atoms with Crippen molar-refractivity contribution in [1.29, 1.82) is 0 Å². The molecule has 3 aromatic rings. The second-order valence-corrected chi connectivity index (χ2v) is 6.69. The molecule has 0 atom stereocenters. The Labute approximate surface area is 152 Å². The van der Waals surface area contributed by atoms with Gasteiger partial charge in [0.2, 0.25) is 0 Å². The number of rotatable bonds is 6. The number of fused-ring (bicyclic) bond motifs is 1. The first-order valence-corrected chi connectivity index (χ1v) is 8.95. The van der Waals surface area contributed by atoms with Gasteiger partial charge in [0.25, 0.3) is 0 Å². The van der Waals surface area contributed by atoms with Gasteiger partial charge in [-0.1, -0.05) is 12.1 Å². The molecule has 1 N–H and O–H groups in total. The van der Waals surface area contributed by atoms with Crippen molar-refractivity contribution >= 4 is 11.5 Å². The minimum atomic E-state index is 0.655. The zero-order chi connectivity index (χ0) is 17.8. The van der Waals surface area contributed by atoms with Crippen molar-refractivity contribution in [3.8, 4) is 5.75 Å². The zero-order valence-electron chi connectivity index (χ0n) is 14.9. The molecule has 1 aromatic carbocycles. The lowest BCUT2D eigenvalue weighted by molar-refractivity contribution is 0.182. The summed E-state index contributed by atoms with van der Waals surface area (Å²) in [5, 5.41) is 19.1. The highest BCUT2D eigenvalue weighted by molar-refractivity contribution is 5.42. The summed E-state index contributed by atoms with van der Waals surface area (Å²) in [7, 11) is 1.70. The first kappa shape index (κ1) is 16.7. The Morgan fingerprint density at radius 3 is 2.69 bits per heavy atom. The van der Waals surface area contributed by atoms with Crippen LogP contribution in [0, 0.1) is 5.92 Å². The number of nitrogens with zero attached hydrogens (tertiary/aromatic N) is 6. The van der Waals surface area contributed by atoms with Crippen LogP contribution in [-0.2, 0) is 6.54 Å². The predicted molar refractivity (Wildman–Crippen MR) is 98.1 cm³/mol. The smallest absolute Gasteiger partial charge is 0.200 e. The van der Waals surface area contributed by atoms with E-state index >= 15 is 0 Å². The van der Waals surface area contributed by atoms with Crippen molar-refractivity contribution in [1.82, 2.24) is 30.2 Å². The van der Waals surface area contributed by atoms with Crippen LogP contribution in [0.2, 0.25) is 0 Å². The van der Waals surface area contributed by atoms with Crippen LogP contribution in [0.4, 0.5) is 5.82 Å². The number of methoxy groups -OCH3 is 1. The highest BCUT2D eigenvalue weighted by Crippen LogP contribution is 2.20. The second kappa shape index (κ2) is 7.65. The topological polar surface area (TPSA) is 80.5 Å². The third-order valence-corrected chi connectivity index (χ3v) is 4.91. The molecule has 0 saturated carbocycles. The minimum Gasteiger partial charge on any atom is -0.497 e. The molecular weight excluding hydrogens is 330 g/mol. The summed E-state index contributed by atoms with van der Waals surface area (Å²) < 4.78 is 6.66. The Morgan fingerprint density at radius 2 is 1.92 bits per heavy atom. The van der Waals surface area contributed by atoms with Gasteiger partial charge in [-0.3, -0.25) is 4.90 Å². The van der Waals surface area contributed by atoms with E-state index in [4.69, 9.17) is 4.74 Å². The van der Waals surface area contributed by atoms with Gasteiger partial charge in [-0.25, -0.2) is 0 Å². The highest BCUT2D eigenvalue weighted by atomic mass is 16.5. The molecule has 1 aliphatic rings. The van der Waals surface area contributed by atoms with Gasteiger partial charge in [0, 0.05) is 13.1 Å². The van der Waals surface area contributed by atoms with Crippen molar-refractivity contribution < 1.29 is 4.74 Å². The molecule has 0 unspecified atom stereocenters. The molecule has 8 heteroatoms. The van der Waals surface area contributed by atoms with E-state index < -0.39 is 0 Å². The van der Waals surface area contributed by atoms with Gasteiger partial charge in [0.1, 0.15) is 11.6 Å². The van der Waals surface area contributed by atoms with E-state index in [1.165, 1.54) is 23.0 Å². The van der Waals surface area contributed by atoms with Gasteiger partial charge in [-0.2, -0.15) is 0 Å². The average Bonchev–Trinajstić information content (AvgIpc) is 3.16. The molecule has 1 fully saturated rings. The fourth-order valence-electron chi connectivity index (χ4n) is 3.33. The summed E-state index contributed by atoms with van der Waals surface area (Å²) >= 11 is 0. The maximum absolute atomic E-state index is 5.22. The Morgan fingerprint density at radius 1 is 1.12 bits per heavy atom. The van der Waals surface area contributed by atoms with Crippen LogP contribution in [-0.4, -0.2) is 56.9 Å². The van der Waals surface area contributed by atoms with Crippen LogP contribution in [0.1, 0.15) is 18.4 Å². The Kier molecular flexibility index (Phi) is 4.92. The summed E-state index contributed by atoms with van der Waals surface area (Å²) in [4.78, 5) is 2.52. The molecule has 26 heavy (non-hydrogen) atoms. The third kappa shape index (κ3) is 3.91. The second-order valence-electron chi connectivity index (χ2n) is 6.69. The van der Waals surface area contributed by atoms with Gasteiger partial charge >= 0.3 is 0 Å². The quantitative estimate of drug-likeness (QED) is 0.724. The van der Waals surface area contributed by atoms with Gasteiger partial charge in [0.15, 0.2) is 5.65 Å². The third-order valence-electron chi connectivity index (χ3n) is 4.91. The van der Waals surface area contributed by atoms with E-state index in [0.717, 1.165) is 37.7 Å². The van der Waals surface area contributed by atoms with Crippen LogP contribution < -0.4 is 10.1 Å². The Balaban J connectivity index is 1.24. The van der Waals surface area contributed by atoms with Crippen molar-refractivity contribution in [2.75, 3.05) is 32.1 Å². The van der Waals surface area contributed by atoms with Gasteiger partial charge < -0.3 is 10.1 Å². The summed E-state index contributed by atoms with van der Waals surface area (Å²) in [6.07, 6.45) is 2.38. The maximum Gasteiger partial charge on any atom is 0.200 e. The number of hydrogen-bond acceptors (Lipinski definition) is 7. The van der Waals surface area contributed by atoms with E-state index in [2.05, 4.69) is 43.0 Å². The summed E-state index contributed by atoms with van der Waals surface area (Å²) in [6, 6.07) is 12.1. The molecule has 4 rings (SSSR count). The predicted octanol–water partition coefficient (Wildman–Crippen LogP) is 1.85. The number of anilines is 1. The lowest BCUT2D eigenvalue weighted by atomic mass is 9.96. The van der Waals surface area contributed by atoms with Crippen molar-refractivity contribution in [2.45, 2.75) is 19.4 Å². The van der Waals surface area contributed by atoms with E-state index in [9.17, 15) is 0 Å². The molecule has 2 aromatic heterocycles. The first-order chi connectivity index (χ1) is 12.8. The number of nitrogens with one attached hydrogen (secondary N) is 1. The van der Waals surface area contributed by atoms with E-state index in [0.29, 0.717) is 11.6 Å². The van der Waals surface area contributed by atoms with Gasteiger partial charge in [-0.15, -0.1) is 14.8 Å². The number of hydrogen-bond donors (Lipinski definition) is 1. The number of benzene rings is 1. The summed E-state index contributed by atoms with van der Waals surface area (Å²) in [5.41, 5.74) is 1.99. The fourth-order valence-corrected chi connectivity index (χ4v) is 3.33. The van der Waals surface area contributed by atoms with Gasteiger partial charge in [-0.05, 0) is 72.1 Å². The fraction of sp³-hybridized carbons (Fsp3) is 0.444. The van der Waals surface area contributed by atoms with Crippen LogP contribution in [0.5, 0.6) is 5.75 Å². The van der Waals surface area contributed by atoms with Crippen molar-refractivity contribution in [2.24, 2.45) is 5.92 Å². The lowest BCUT2D eigenvalue weighted by Gasteiger charge is -2.32. The van der Waals surface area contributed by atoms with Crippen LogP contribution >= 0.6 is 0 Å². The SMILES string of the molecule is COc1ccc(CN2CCC(CNc3ccc4nnnn4n3)CC2)cc1. The van der Waals surface area contributed by atoms with E-state index in [1.54, 1.807) is 7.11 Å². The normalized spacial score (nSPS) is 16.0. The molecule has 0 aliphatic carbocycles. The molecule has 0 amide bonds. The average molecular weight is 353 g/mol. The monoisotopic (exact) mass is 353 g/mol. The van der Waals surface area contributed by atoms with Crippen molar-refractivity contribution in [3.05, 3.63) is 42.0 Å². The highest BCUT2D eigenvalue weighted by Gasteiger charge is 2.19. The largest absolute Gasteiger partial charge is 0.497 e. The molecular formula is C18H23N7O. The van der Waals surface area contributed by atoms with Crippen LogP contribution in [0.25, 0.3) is 5.65 Å². The van der Waals surface area contributed by atoms with Gasteiger partial charge in [0.05, 0.1) is 7.11 Å².